The average molecular weight is 373 g/mol. The van der Waals surface area contributed by atoms with Crippen LogP contribution in [0.1, 0.15) is 69.4 Å². The van der Waals surface area contributed by atoms with Crippen molar-refractivity contribution in [3.05, 3.63) is 35.0 Å². The van der Waals surface area contributed by atoms with Gasteiger partial charge in [-0.2, -0.15) is 0 Å². The number of nitrogens with one attached hydrogen (secondary N) is 1. The summed E-state index contributed by atoms with van der Waals surface area (Å²) in [6.07, 6.45) is 10.7. The smallest absolute Gasteiger partial charge is 0.222 e. The van der Waals surface area contributed by atoms with Crippen LogP contribution in [-0.2, 0) is 4.79 Å². The first-order valence-electron chi connectivity index (χ1n) is 10.2. The maximum absolute atomic E-state index is 12.6. The summed E-state index contributed by atoms with van der Waals surface area (Å²) in [6.45, 7) is 1.79. The monoisotopic (exact) mass is 372 g/mol. The molecule has 1 amide bonds. The highest BCUT2D eigenvalue weighted by atomic mass is 35.5. The average Bonchev–Trinajstić information content (AvgIpc) is 3.10. The fourth-order valence-corrected chi connectivity index (χ4v) is 4.93. The summed E-state index contributed by atoms with van der Waals surface area (Å²) in [5.74, 6) is 1.68. The molecule has 1 saturated carbocycles. The molecule has 2 heterocycles. The number of fused-ring (bicyclic) bond motifs is 1. The summed E-state index contributed by atoms with van der Waals surface area (Å²) in [7, 11) is 0. The van der Waals surface area contributed by atoms with Gasteiger partial charge in [0.25, 0.3) is 0 Å². The number of hydrogen-bond acceptors (Lipinski definition) is 1. The minimum Gasteiger partial charge on any atom is -0.358 e. The van der Waals surface area contributed by atoms with Gasteiger partial charge < -0.3 is 9.88 Å². The maximum Gasteiger partial charge on any atom is 0.222 e. The van der Waals surface area contributed by atoms with E-state index in [0.29, 0.717) is 11.8 Å². The fraction of sp³-hybridized carbons (Fsp3) is 0.591. The lowest BCUT2D eigenvalue weighted by Crippen LogP contribution is -2.38. The van der Waals surface area contributed by atoms with Gasteiger partial charge in [-0.25, -0.2) is 0 Å². The van der Waals surface area contributed by atoms with Crippen LogP contribution in [-0.4, -0.2) is 28.9 Å². The van der Waals surface area contributed by atoms with Crippen molar-refractivity contribution in [2.45, 2.75) is 63.7 Å². The molecule has 0 bridgehead atoms. The minimum atomic E-state index is 0.373. The van der Waals surface area contributed by atoms with E-state index in [0.717, 1.165) is 55.2 Å². The zero-order valence-electron chi connectivity index (χ0n) is 15.5. The Morgan fingerprint density at radius 2 is 1.85 bits per heavy atom. The van der Waals surface area contributed by atoms with Gasteiger partial charge in [0.2, 0.25) is 5.91 Å². The summed E-state index contributed by atoms with van der Waals surface area (Å²) >= 11 is 6.10. The van der Waals surface area contributed by atoms with Crippen molar-refractivity contribution in [3.63, 3.8) is 0 Å². The van der Waals surface area contributed by atoms with Crippen LogP contribution < -0.4 is 0 Å². The molecule has 26 heavy (non-hydrogen) atoms. The van der Waals surface area contributed by atoms with Gasteiger partial charge in [0.1, 0.15) is 0 Å². The largest absolute Gasteiger partial charge is 0.358 e. The molecule has 2 fully saturated rings. The number of likely N-dealkylation sites (tertiary alicyclic amines) is 1. The number of H-pyrrole nitrogens is 1. The summed E-state index contributed by atoms with van der Waals surface area (Å²) in [5.41, 5.74) is 2.44. The Morgan fingerprint density at radius 1 is 1.08 bits per heavy atom. The molecule has 140 valence electrons. The number of carbonyl (C=O) groups excluding carboxylic acids is 1. The SMILES string of the molecule is O=C(CCC1CCCCC1)N1CCC(c2cc3cc(Cl)ccc3[nH]2)CC1. The Morgan fingerprint density at radius 3 is 2.62 bits per heavy atom. The molecular formula is C22H29ClN2O. The Bertz CT molecular complexity index is 755. The highest BCUT2D eigenvalue weighted by Crippen LogP contribution is 2.32. The van der Waals surface area contributed by atoms with Crippen LogP contribution in [0.15, 0.2) is 24.3 Å². The quantitative estimate of drug-likeness (QED) is 0.713. The predicted octanol–water partition coefficient (Wildman–Crippen LogP) is 5.89. The number of piperidine rings is 1. The molecule has 1 saturated heterocycles. The van der Waals surface area contributed by atoms with Crippen LogP contribution in [0.25, 0.3) is 10.9 Å². The molecule has 1 aromatic carbocycles. The normalized spacial score (nSPS) is 20.0. The molecule has 0 radical (unpaired) electrons. The van der Waals surface area contributed by atoms with E-state index >= 15 is 0 Å². The van der Waals surface area contributed by atoms with E-state index in [-0.39, 0.29) is 0 Å². The molecule has 0 spiro atoms. The number of rotatable bonds is 4. The van der Waals surface area contributed by atoms with E-state index in [1.165, 1.54) is 43.2 Å². The Labute approximate surface area is 161 Å². The molecule has 1 aliphatic heterocycles. The van der Waals surface area contributed by atoms with Crippen molar-refractivity contribution in [1.29, 1.82) is 0 Å². The van der Waals surface area contributed by atoms with E-state index in [2.05, 4.69) is 16.0 Å². The van der Waals surface area contributed by atoms with Gasteiger partial charge in [-0.3, -0.25) is 4.79 Å². The van der Waals surface area contributed by atoms with Crippen LogP contribution in [0.5, 0.6) is 0 Å². The molecule has 2 aliphatic rings. The molecule has 2 aromatic rings. The molecule has 1 N–H and O–H groups in total. The van der Waals surface area contributed by atoms with Crippen LogP contribution in [0.2, 0.25) is 5.02 Å². The number of benzene rings is 1. The van der Waals surface area contributed by atoms with E-state index < -0.39 is 0 Å². The van der Waals surface area contributed by atoms with Crippen LogP contribution in [0.3, 0.4) is 0 Å². The van der Waals surface area contributed by atoms with E-state index in [9.17, 15) is 4.79 Å². The second-order valence-corrected chi connectivity index (χ2v) is 8.59. The van der Waals surface area contributed by atoms with Gasteiger partial charge in [-0.15, -0.1) is 0 Å². The van der Waals surface area contributed by atoms with Gasteiger partial charge >= 0.3 is 0 Å². The molecule has 1 aliphatic carbocycles. The van der Waals surface area contributed by atoms with E-state index in [1.807, 2.05) is 18.2 Å². The number of halogens is 1. The van der Waals surface area contributed by atoms with E-state index in [4.69, 9.17) is 11.6 Å². The predicted molar refractivity (Wildman–Crippen MR) is 108 cm³/mol. The van der Waals surface area contributed by atoms with Gasteiger partial charge in [0, 0.05) is 47.0 Å². The Kier molecular flexibility index (Phi) is 5.54. The van der Waals surface area contributed by atoms with E-state index in [1.54, 1.807) is 0 Å². The summed E-state index contributed by atoms with van der Waals surface area (Å²) < 4.78 is 0. The first-order chi connectivity index (χ1) is 12.7. The number of nitrogens with zero attached hydrogens (tertiary/aromatic N) is 1. The van der Waals surface area contributed by atoms with Gasteiger partial charge in [-0.05, 0) is 49.4 Å². The second kappa shape index (κ2) is 8.04. The lowest BCUT2D eigenvalue weighted by atomic mass is 9.86. The molecule has 0 unspecified atom stereocenters. The fourth-order valence-electron chi connectivity index (χ4n) is 4.75. The minimum absolute atomic E-state index is 0.373. The molecule has 4 heteroatoms. The molecule has 1 aromatic heterocycles. The van der Waals surface area contributed by atoms with Crippen molar-refractivity contribution in [1.82, 2.24) is 9.88 Å². The number of hydrogen-bond donors (Lipinski definition) is 1. The highest BCUT2D eigenvalue weighted by Gasteiger charge is 2.25. The second-order valence-electron chi connectivity index (χ2n) is 8.15. The van der Waals surface area contributed by atoms with Crippen LogP contribution in [0, 0.1) is 5.92 Å². The van der Waals surface area contributed by atoms with Crippen molar-refractivity contribution in [3.8, 4) is 0 Å². The number of aromatic amines is 1. The van der Waals surface area contributed by atoms with Crippen molar-refractivity contribution < 1.29 is 4.79 Å². The third-order valence-corrected chi connectivity index (χ3v) is 6.62. The maximum atomic E-state index is 12.6. The Balaban J connectivity index is 1.29. The first kappa shape index (κ1) is 17.9. The third-order valence-electron chi connectivity index (χ3n) is 6.38. The first-order valence-corrected chi connectivity index (χ1v) is 10.6. The summed E-state index contributed by atoms with van der Waals surface area (Å²) in [4.78, 5) is 18.2. The third kappa shape index (κ3) is 4.09. The molecule has 3 nitrogen and oxygen atoms in total. The molecule has 0 atom stereocenters. The zero-order chi connectivity index (χ0) is 17.9. The van der Waals surface area contributed by atoms with Crippen LogP contribution in [0.4, 0.5) is 0 Å². The Hall–Kier alpha value is -1.48. The summed E-state index contributed by atoms with van der Waals surface area (Å²) in [5, 5.41) is 1.96. The number of amides is 1. The standard InChI is InChI=1S/C22H29ClN2O/c23-19-7-8-20-18(14-19)15-21(24-20)17-10-12-25(13-11-17)22(26)9-6-16-4-2-1-3-5-16/h7-8,14-17,24H,1-6,9-13H2. The van der Waals surface area contributed by atoms with Gasteiger partial charge in [0.05, 0.1) is 0 Å². The number of carbonyl (C=O) groups is 1. The van der Waals surface area contributed by atoms with Crippen LogP contribution >= 0.6 is 11.6 Å². The van der Waals surface area contributed by atoms with Crippen molar-refractivity contribution in [2.24, 2.45) is 5.92 Å². The highest BCUT2D eigenvalue weighted by molar-refractivity contribution is 6.31. The van der Waals surface area contributed by atoms with Crippen molar-refractivity contribution >= 4 is 28.4 Å². The molecular weight excluding hydrogens is 344 g/mol. The van der Waals surface area contributed by atoms with Crippen molar-refractivity contribution in [2.75, 3.05) is 13.1 Å². The summed E-state index contributed by atoms with van der Waals surface area (Å²) in [6, 6.07) is 8.22. The molecule has 4 rings (SSSR count). The van der Waals surface area contributed by atoms with Gasteiger partial charge in [-0.1, -0.05) is 43.7 Å². The lowest BCUT2D eigenvalue weighted by Gasteiger charge is -2.32. The number of aromatic nitrogens is 1. The zero-order valence-corrected chi connectivity index (χ0v) is 16.2. The topological polar surface area (TPSA) is 36.1 Å². The lowest BCUT2D eigenvalue weighted by molar-refractivity contribution is -0.132. The van der Waals surface area contributed by atoms with Gasteiger partial charge in [0.15, 0.2) is 0 Å².